The summed E-state index contributed by atoms with van der Waals surface area (Å²) in [6.07, 6.45) is 0. The lowest BCUT2D eigenvalue weighted by molar-refractivity contribution is 0.566. The minimum atomic E-state index is -0.181. The highest BCUT2D eigenvalue weighted by Gasteiger charge is 2.47. The number of hydrogen-bond acceptors (Lipinski definition) is 4. The van der Waals surface area contributed by atoms with Gasteiger partial charge < -0.3 is 9.32 Å². The fourth-order valence-corrected chi connectivity index (χ4v) is 9.87. The largest absolute Gasteiger partial charge is 0.420 e. The van der Waals surface area contributed by atoms with E-state index >= 15 is 0 Å². The number of fused-ring (bicyclic) bond motifs is 4. The van der Waals surface area contributed by atoms with E-state index in [0.29, 0.717) is 5.89 Å². The van der Waals surface area contributed by atoms with Gasteiger partial charge in [0.15, 0.2) is 0 Å². The third kappa shape index (κ3) is 8.54. The Hall–Kier alpha value is -5.81. The molecule has 4 nitrogen and oxygen atoms in total. The van der Waals surface area contributed by atoms with E-state index in [1.54, 1.807) is 0 Å². The summed E-state index contributed by atoms with van der Waals surface area (Å²) < 4.78 is 7.29. The van der Waals surface area contributed by atoms with Gasteiger partial charge in [-0.05, 0) is 143 Å². The highest BCUT2D eigenvalue weighted by Crippen LogP contribution is 2.48. The third-order valence-electron chi connectivity index (χ3n) is 14.4. The minimum absolute atomic E-state index is 0.0515. The van der Waals surface area contributed by atoms with E-state index in [9.17, 15) is 0 Å². The van der Waals surface area contributed by atoms with Gasteiger partial charge >= 0.3 is 0 Å². The normalized spacial score (nSPS) is 14.2. The molecule has 2 aliphatic heterocycles. The Kier molecular flexibility index (Phi) is 11.0. The molecule has 9 rings (SSSR count). The SMILES string of the molecule is CC(C)(C)c1ccc(-c2ccc(-c3nc4c(o3)N(c3cc(C(C)(C)C)cc(C(C)(C)C)c3)c3cccc5c3B4c3cc(C(C)(C)C)ccc3N5c3cc(C(C)(C)C)cc(C(C)(C)C)c3)cc2)cc1. The Bertz CT molecular complexity index is 2990. The smallest absolute Gasteiger partial charge is 0.279 e. The average Bonchev–Trinajstić information content (AvgIpc) is 3.69. The van der Waals surface area contributed by atoms with Crippen LogP contribution < -0.4 is 26.3 Å². The molecule has 5 heteroatoms. The van der Waals surface area contributed by atoms with Crippen molar-refractivity contribution in [2.24, 2.45) is 0 Å². The van der Waals surface area contributed by atoms with Crippen LogP contribution in [-0.2, 0) is 32.5 Å². The number of oxazole rings is 1. The van der Waals surface area contributed by atoms with E-state index in [1.165, 1.54) is 72.5 Å². The summed E-state index contributed by atoms with van der Waals surface area (Å²) in [6, 6.07) is 46.3. The molecule has 0 aliphatic carbocycles. The van der Waals surface area contributed by atoms with Gasteiger partial charge in [-0.25, -0.2) is 4.98 Å². The van der Waals surface area contributed by atoms with Crippen molar-refractivity contribution in [3.05, 3.63) is 155 Å². The maximum atomic E-state index is 7.29. The molecule has 68 heavy (non-hydrogen) atoms. The van der Waals surface area contributed by atoms with Gasteiger partial charge in [-0.2, -0.15) is 0 Å². The van der Waals surface area contributed by atoms with Crippen LogP contribution >= 0.6 is 0 Å². The van der Waals surface area contributed by atoms with E-state index < -0.39 is 0 Å². The lowest BCUT2D eigenvalue weighted by Crippen LogP contribution is -2.61. The Balaban J connectivity index is 1.32. The van der Waals surface area contributed by atoms with Gasteiger partial charge in [0, 0.05) is 34.0 Å². The molecule has 0 amide bonds. The summed E-state index contributed by atoms with van der Waals surface area (Å²) in [5.41, 5.74) is 20.0. The van der Waals surface area contributed by atoms with Crippen LogP contribution in [0, 0.1) is 0 Å². The molecule has 350 valence electrons. The monoisotopic (exact) mass is 900 g/mol. The molecule has 0 unspecified atom stereocenters. The number of nitrogens with zero attached hydrogens (tertiary/aromatic N) is 3. The topological polar surface area (TPSA) is 32.5 Å². The van der Waals surface area contributed by atoms with Crippen LogP contribution in [0.15, 0.2) is 126 Å². The van der Waals surface area contributed by atoms with Crippen LogP contribution in [0.4, 0.5) is 34.3 Å². The van der Waals surface area contributed by atoms with Gasteiger partial charge in [0.25, 0.3) is 6.71 Å². The highest BCUT2D eigenvalue weighted by atomic mass is 16.4. The Labute approximate surface area is 409 Å². The first kappa shape index (κ1) is 47.3. The first-order chi connectivity index (χ1) is 31.5. The second kappa shape index (κ2) is 15.9. The summed E-state index contributed by atoms with van der Waals surface area (Å²) in [6.45, 7) is 41.4. The molecule has 0 saturated heterocycles. The highest BCUT2D eigenvalue weighted by molar-refractivity contribution is 6.99. The number of aromatic nitrogens is 1. The quantitative estimate of drug-likeness (QED) is 0.165. The number of rotatable bonds is 4. The number of anilines is 6. The molecule has 0 N–H and O–H groups in total. The van der Waals surface area contributed by atoms with Crippen LogP contribution in [0.3, 0.4) is 0 Å². The summed E-state index contributed by atoms with van der Waals surface area (Å²) >= 11 is 0. The van der Waals surface area contributed by atoms with Crippen LogP contribution in [0.5, 0.6) is 0 Å². The first-order valence-corrected chi connectivity index (χ1v) is 24.9. The van der Waals surface area contributed by atoms with Crippen molar-refractivity contribution in [3.8, 4) is 22.6 Å². The molecule has 7 aromatic rings. The molecule has 1 aromatic heterocycles. The second-order valence-electron chi connectivity index (χ2n) is 26.0. The minimum Gasteiger partial charge on any atom is -0.420 e. The molecule has 0 radical (unpaired) electrons. The van der Waals surface area contributed by atoms with Gasteiger partial charge in [0.05, 0.1) is 5.59 Å². The Morgan fingerprint density at radius 1 is 0.382 bits per heavy atom. The molecular formula is C63H74BN3O. The predicted octanol–water partition coefficient (Wildman–Crippen LogP) is 15.9. The van der Waals surface area contributed by atoms with Crippen LogP contribution in [0.2, 0.25) is 0 Å². The summed E-state index contributed by atoms with van der Waals surface area (Å²) in [7, 11) is 0. The molecule has 2 aliphatic rings. The van der Waals surface area contributed by atoms with E-state index in [2.05, 4.69) is 256 Å². The second-order valence-corrected chi connectivity index (χ2v) is 26.0. The lowest BCUT2D eigenvalue weighted by Gasteiger charge is -2.43. The molecule has 0 fully saturated rings. The summed E-state index contributed by atoms with van der Waals surface area (Å²) in [5, 5.41) is 0. The van der Waals surface area contributed by atoms with E-state index in [4.69, 9.17) is 9.40 Å². The van der Waals surface area contributed by atoms with Crippen molar-refractivity contribution < 1.29 is 4.42 Å². The average molecular weight is 900 g/mol. The standard InChI is InChI=1S/C63H74BN3O/c1-58(2,3)42-28-26-40(27-29-42)39-22-24-41(25-23-39)56-65-55-57(68-56)67(49-36-46(62(13,14)15)33-47(37-49)63(16,17)18)53-21-19-20-52-54(53)64(55)50-38-43(59(4,5)6)30-31-51(50)66(52)48-34-44(60(7,8)9)32-45(35-48)61(10,11)12/h19-38H,1-18H3. The fourth-order valence-electron chi connectivity index (χ4n) is 9.87. The number of benzene rings is 6. The van der Waals surface area contributed by atoms with Crippen molar-refractivity contribution in [1.29, 1.82) is 0 Å². The number of hydrogen-bond donors (Lipinski definition) is 0. The maximum absolute atomic E-state index is 7.29. The van der Waals surface area contributed by atoms with Gasteiger partial charge in [0.1, 0.15) is 0 Å². The zero-order chi connectivity index (χ0) is 49.3. The fraction of sp³-hybridized carbons (Fsp3) is 0.381. The molecule has 0 bridgehead atoms. The van der Waals surface area contributed by atoms with Crippen molar-refractivity contribution in [2.45, 2.75) is 157 Å². The molecule has 3 heterocycles. The third-order valence-corrected chi connectivity index (χ3v) is 14.4. The molecular weight excluding hydrogens is 826 g/mol. The molecule has 0 atom stereocenters. The van der Waals surface area contributed by atoms with Crippen molar-refractivity contribution >= 4 is 57.6 Å². The van der Waals surface area contributed by atoms with Crippen molar-refractivity contribution in [2.75, 3.05) is 9.80 Å². The maximum Gasteiger partial charge on any atom is 0.279 e. The van der Waals surface area contributed by atoms with Gasteiger partial charge in [-0.1, -0.05) is 191 Å². The van der Waals surface area contributed by atoms with Gasteiger partial charge in [-0.15, -0.1) is 0 Å². The van der Waals surface area contributed by atoms with E-state index in [1.807, 2.05) is 0 Å². The van der Waals surface area contributed by atoms with Crippen molar-refractivity contribution in [3.63, 3.8) is 0 Å². The lowest BCUT2D eigenvalue weighted by atomic mass is 9.35. The van der Waals surface area contributed by atoms with E-state index in [-0.39, 0.29) is 39.2 Å². The first-order valence-electron chi connectivity index (χ1n) is 24.9. The van der Waals surface area contributed by atoms with Crippen LogP contribution in [0.25, 0.3) is 22.6 Å². The van der Waals surface area contributed by atoms with Crippen molar-refractivity contribution in [1.82, 2.24) is 4.98 Å². The van der Waals surface area contributed by atoms with E-state index in [0.717, 1.165) is 28.4 Å². The molecule has 6 aromatic carbocycles. The zero-order valence-electron chi connectivity index (χ0n) is 44.4. The molecule has 0 spiro atoms. The van der Waals surface area contributed by atoms with Crippen LogP contribution in [0.1, 0.15) is 158 Å². The predicted molar refractivity (Wildman–Crippen MR) is 294 cm³/mol. The Morgan fingerprint density at radius 2 is 0.779 bits per heavy atom. The van der Waals surface area contributed by atoms with Gasteiger partial charge in [-0.3, -0.25) is 4.90 Å². The Morgan fingerprint density at radius 3 is 1.24 bits per heavy atom. The summed E-state index contributed by atoms with van der Waals surface area (Å²) in [4.78, 5) is 10.6. The van der Waals surface area contributed by atoms with Gasteiger partial charge in [0.2, 0.25) is 11.8 Å². The molecule has 0 saturated carbocycles. The summed E-state index contributed by atoms with van der Waals surface area (Å²) in [5.74, 6) is 1.39. The van der Waals surface area contributed by atoms with Crippen LogP contribution in [-0.4, -0.2) is 11.7 Å². The zero-order valence-corrected chi connectivity index (χ0v) is 44.4.